The van der Waals surface area contributed by atoms with Gasteiger partial charge in [0.2, 0.25) is 0 Å². The van der Waals surface area contributed by atoms with Crippen molar-refractivity contribution in [2.45, 2.75) is 0 Å². The average molecular weight is 410 g/mol. The molecule has 2 N–H and O–H groups in total. The third kappa shape index (κ3) is 3.26. The fourth-order valence-corrected chi connectivity index (χ4v) is 2.03. The fraction of sp³-hybridized carbons (Fsp3) is 0. The molecule has 0 aliphatic carbocycles. The second-order valence-electron chi connectivity index (χ2n) is 3.45. The molecule has 0 fully saturated rings. The molecule has 0 bridgehead atoms. The molecule has 0 saturated heterocycles. The normalized spacial score (nSPS) is 10.3. The van der Waals surface area contributed by atoms with Crippen LogP contribution in [0.15, 0.2) is 24.5 Å². The van der Waals surface area contributed by atoms with E-state index in [0.29, 0.717) is 3.57 Å². The second-order valence-corrected chi connectivity index (χ2v) is 5.33. The molecular formula is C11H6Cl2IN3O2. The highest BCUT2D eigenvalue weighted by molar-refractivity contribution is 14.1. The third-order valence-electron chi connectivity index (χ3n) is 2.20. The largest absolute Gasteiger partial charge is 0.507 e. The SMILES string of the molecule is O=C(Nc1c(Cl)ncnc1Cl)c1ccc(I)c(O)c1. The Bertz CT molecular complexity index is 632. The van der Waals surface area contributed by atoms with Crippen molar-refractivity contribution in [2.75, 3.05) is 5.32 Å². The van der Waals surface area contributed by atoms with Gasteiger partial charge in [0.15, 0.2) is 10.3 Å². The minimum Gasteiger partial charge on any atom is -0.507 e. The van der Waals surface area contributed by atoms with E-state index >= 15 is 0 Å². The highest BCUT2D eigenvalue weighted by atomic mass is 127. The predicted molar refractivity (Wildman–Crippen MR) is 80.8 cm³/mol. The van der Waals surface area contributed by atoms with Gasteiger partial charge in [0, 0.05) is 5.56 Å². The van der Waals surface area contributed by atoms with Crippen molar-refractivity contribution >= 4 is 57.4 Å². The Morgan fingerprint density at radius 3 is 2.47 bits per heavy atom. The van der Waals surface area contributed by atoms with Crippen molar-refractivity contribution in [1.29, 1.82) is 0 Å². The smallest absolute Gasteiger partial charge is 0.255 e. The number of phenols is 1. The van der Waals surface area contributed by atoms with E-state index in [9.17, 15) is 9.90 Å². The highest BCUT2D eigenvalue weighted by Gasteiger charge is 2.14. The first-order chi connectivity index (χ1) is 8.99. The Labute approximate surface area is 132 Å². The van der Waals surface area contributed by atoms with E-state index in [1.54, 1.807) is 12.1 Å². The quantitative estimate of drug-likeness (QED) is 0.589. The zero-order chi connectivity index (χ0) is 14.0. The van der Waals surface area contributed by atoms with Crippen LogP contribution in [-0.4, -0.2) is 21.0 Å². The lowest BCUT2D eigenvalue weighted by Crippen LogP contribution is -2.13. The number of nitrogens with one attached hydrogen (secondary N) is 1. The zero-order valence-electron chi connectivity index (χ0n) is 9.19. The number of phenolic OH excluding ortho intramolecular Hbond substituents is 1. The van der Waals surface area contributed by atoms with Crippen LogP contribution in [0.3, 0.4) is 0 Å². The minimum absolute atomic E-state index is 0.0229. The molecule has 5 nitrogen and oxygen atoms in total. The van der Waals surface area contributed by atoms with Crippen LogP contribution in [0.2, 0.25) is 10.3 Å². The van der Waals surface area contributed by atoms with Crippen LogP contribution >= 0.6 is 45.8 Å². The first kappa shape index (κ1) is 14.3. The summed E-state index contributed by atoms with van der Waals surface area (Å²) in [5, 5.41) is 12.1. The monoisotopic (exact) mass is 409 g/mol. The molecular weight excluding hydrogens is 404 g/mol. The topological polar surface area (TPSA) is 75.1 Å². The van der Waals surface area contributed by atoms with Gasteiger partial charge in [-0.3, -0.25) is 4.79 Å². The Balaban J connectivity index is 2.28. The number of anilines is 1. The molecule has 0 aliphatic heterocycles. The maximum absolute atomic E-state index is 12.0. The number of halogens is 3. The molecule has 19 heavy (non-hydrogen) atoms. The lowest BCUT2D eigenvalue weighted by molar-refractivity contribution is 0.102. The lowest BCUT2D eigenvalue weighted by Gasteiger charge is -2.08. The third-order valence-corrected chi connectivity index (χ3v) is 3.69. The van der Waals surface area contributed by atoms with Crippen molar-refractivity contribution in [3.63, 3.8) is 0 Å². The van der Waals surface area contributed by atoms with Gasteiger partial charge in [-0.1, -0.05) is 23.2 Å². The number of aromatic hydroxyl groups is 1. The van der Waals surface area contributed by atoms with Gasteiger partial charge in [-0.2, -0.15) is 0 Å². The predicted octanol–water partition coefficient (Wildman–Crippen LogP) is 3.35. The summed E-state index contributed by atoms with van der Waals surface area (Å²) in [4.78, 5) is 19.4. The molecule has 0 atom stereocenters. The van der Waals surface area contributed by atoms with Gasteiger partial charge in [-0.25, -0.2) is 9.97 Å². The van der Waals surface area contributed by atoms with Crippen LogP contribution in [0.5, 0.6) is 5.75 Å². The number of carbonyl (C=O) groups excluding carboxylic acids is 1. The molecule has 2 aromatic rings. The molecule has 0 saturated carbocycles. The van der Waals surface area contributed by atoms with Crippen LogP contribution < -0.4 is 5.32 Å². The first-order valence-corrected chi connectivity index (χ1v) is 6.78. The van der Waals surface area contributed by atoms with Gasteiger partial charge in [-0.15, -0.1) is 0 Å². The van der Waals surface area contributed by atoms with Gasteiger partial charge < -0.3 is 10.4 Å². The number of amides is 1. The van der Waals surface area contributed by atoms with E-state index in [-0.39, 0.29) is 27.3 Å². The van der Waals surface area contributed by atoms with E-state index < -0.39 is 5.91 Å². The molecule has 0 aliphatic rings. The van der Waals surface area contributed by atoms with E-state index in [2.05, 4.69) is 15.3 Å². The van der Waals surface area contributed by atoms with Gasteiger partial charge >= 0.3 is 0 Å². The summed E-state index contributed by atoms with van der Waals surface area (Å²) in [7, 11) is 0. The number of hydrogen-bond acceptors (Lipinski definition) is 4. The van der Waals surface area contributed by atoms with Gasteiger partial charge in [0.25, 0.3) is 5.91 Å². The maximum Gasteiger partial charge on any atom is 0.255 e. The molecule has 0 radical (unpaired) electrons. The minimum atomic E-state index is -0.467. The Morgan fingerprint density at radius 1 is 1.26 bits per heavy atom. The summed E-state index contributed by atoms with van der Waals surface area (Å²) in [6.45, 7) is 0. The Hall–Kier alpha value is -1.12. The van der Waals surface area contributed by atoms with Crippen molar-refractivity contribution < 1.29 is 9.90 Å². The molecule has 1 aromatic heterocycles. The maximum atomic E-state index is 12.0. The lowest BCUT2D eigenvalue weighted by atomic mass is 10.2. The van der Waals surface area contributed by atoms with E-state index in [1.165, 1.54) is 12.4 Å². The fourth-order valence-electron chi connectivity index (χ4n) is 1.29. The van der Waals surface area contributed by atoms with E-state index in [4.69, 9.17) is 23.2 Å². The Morgan fingerprint density at radius 2 is 1.89 bits per heavy atom. The first-order valence-electron chi connectivity index (χ1n) is 4.95. The number of carbonyl (C=O) groups is 1. The highest BCUT2D eigenvalue weighted by Crippen LogP contribution is 2.27. The van der Waals surface area contributed by atoms with Crippen LogP contribution in [0.4, 0.5) is 5.69 Å². The van der Waals surface area contributed by atoms with Crippen LogP contribution in [0.25, 0.3) is 0 Å². The number of aromatic nitrogens is 2. The average Bonchev–Trinajstić information content (AvgIpc) is 2.37. The second kappa shape index (κ2) is 5.89. The molecule has 1 heterocycles. The van der Waals surface area contributed by atoms with Crippen molar-refractivity contribution in [2.24, 2.45) is 0 Å². The molecule has 2 rings (SSSR count). The van der Waals surface area contributed by atoms with E-state index in [0.717, 1.165) is 0 Å². The van der Waals surface area contributed by atoms with Crippen LogP contribution in [-0.2, 0) is 0 Å². The van der Waals surface area contributed by atoms with Gasteiger partial charge in [0.1, 0.15) is 17.8 Å². The zero-order valence-corrected chi connectivity index (χ0v) is 12.9. The van der Waals surface area contributed by atoms with Gasteiger partial charge in [0.05, 0.1) is 3.57 Å². The van der Waals surface area contributed by atoms with Crippen LogP contribution in [0.1, 0.15) is 10.4 Å². The summed E-state index contributed by atoms with van der Waals surface area (Å²) < 4.78 is 0.647. The molecule has 1 amide bonds. The van der Waals surface area contributed by atoms with Crippen molar-refractivity contribution in [1.82, 2.24) is 9.97 Å². The number of hydrogen-bond donors (Lipinski definition) is 2. The van der Waals surface area contributed by atoms with Gasteiger partial charge in [-0.05, 0) is 40.8 Å². The standard InChI is InChI=1S/C11H6Cl2IN3O2/c12-9-8(10(13)16-4-15-9)17-11(19)5-1-2-6(14)7(18)3-5/h1-4,18H,(H,17,19). The molecule has 98 valence electrons. The summed E-state index contributed by atoms with van der Waals surface area (Å²) in [5.41, 5.74) is 0.405. The number of rotatable bonds is 2. The summed E-state index contributed by atoms with van der Waals surface area (Å²) in [6.07, 6.45) is 1.19. The summed E-state index contributed by atoms with van der Waals surface area (Å²) in [5.74, 6) is -0.444. The summed E-state index contributed by atoms with van der Waals surface area (Å²) >= 11 is 13.6. The molecule has 8 heteroatoms. The summed E-state index contributed by atoms with van der Waals surface area (Å²) in [6, 6.07) is 4.54. The molecule has 0 spiro atoms. The molecule has 0 unspecified atom stereocenters. The molecule has 1 aromatic carbocycles. The Kier molecular flexibility index (Phi) is 4.43. The van der Waals surface area contributed by atoms with Crippen molar-refractivity contribution in [3.05, 3.63) is 44.0 Å². The van der Waals surface area contributed by atoms with E-state index in [1.807, 2.05) is 22.6 Å². The van der Waals surface area contributed by atoms with Crippen LogP contribution in [0, 0.1) is 3.57 Å². The number of benzene rings is 1. The number of nitrogens with zero attached hydrogens (tertiary/aromatic N) is 2. The van der Waals surface area contributed by atoms with Crippen molar-refractivity contribution in [3.8, 4) is 5.75 Å².